The number of anilines is 3. The van der Waals surface area contributed by atoms with Gasteiger partial charge in [-0.25, -0.2) is 0 Å². The van der Waals surface area contributed by atoms with Crippen LogP contribution in [0.3, 0.4) is 0 Å². The van der Waals surface area contributed by atoms with Gasteiger partial charge in [-0.2, -0.15) is 0 Å². The van der Waals surface area contributed by atoms with Crippen molar-refractivity contribution in [3.8, 4) is 39.1 Å². The minimum Gasteiger partial charge on any atom is -0.310 e. The molecule has 2 heterocycles. The van der Waals surface area contributed by atoms with Crippen LogP contribution >= 0.6 is 22.9 Å². The van der Waals surface area contributed by atoms with Crippen LogP contribution in [0.1, 0.15) is 22.3 Å². The van der Waals surface area contributed by atoms with Gasteiger partial charge in [-0.15, -0.1) is 11.3 Å². The quantitative estimate of drug-likeness (QED) is 0.147. The number of para-hydroxylation sites is 2. The number of benzene rings is 11. The minimum absolute atomic E-state index is 0.505. The van der Waals surface area contributed by atoms with Crippen molar-refractivity contribution in [2.45, 2.75) is 5.41 Å². The van der Waals surface area contributed by atoms with Crippen LogP contribution in [0.25, 0.3) is 81.0 Å². The van der Waals surface area contributed by atoms with Crippen molar-refractivity contribution in [1.29, 1.82) is 0 Å². The third-order valence-corrected chi connectivity index (χ3v) is 16.1. The number of rotatable bonds is 8. The van der Waals surface area contributed by atoms with Gasteiger partial charge in [-0.1, -0.05) is 200 Å². The maximum absolute atomic E-state index is 7.47. The summed E-state index contributed by atoms with van der Waals surface area (Å²) in [6.07, 6.45) is 0. The van der Waals surface area contributed by atoms with Crippen LogP contribution in [-0.4, -0.2) is 4.57 Å². The molecule has 0 atom stereocenters. The summed E-state index contributed by atoms with van der Waals surface area (Å²) in [5, 5.41) is 5.57. The van der Waals surface area contributed by atoms with Crippen molar-refractivity contribution in [1.82, 2.24) is 4.57 Å². The molecule has 0 unspecified atom stereocenters. The van der Waals surface area contributed by atoms with Gasteiger partial charge in [0, 0.05) is 54.0 Å². The Morgan fingerprint density at radius 3 is 1.73 bits per heavy atom. The SMILES string of the molecule is Clc1cc(-c2cc3c4ccccc4n(-c4ccccc4)c3c3sc4ccccc4c23)cc(N(c2ccc(-c3ccccc3)cc2)c2ccc3c(c2)-c2ccccc2C3(c2ccccc2)c2ccccc2)c1. The number of aromatic nitrogens is 1. The fourth-order valence-electron chi connectivity index (χ4n) is 11.7. The van der Waals surface area contributed by atoms with E-state index < -0.39 is 5.41 Å². The van der Waals surface area contributed by atoms with Gasteiger partial charge in [0.15, 0.2) is 0 Å². The lowest BCUT2D eigenvalue weighted by molar-refractivity contribution is 0.768. The first kappa shape index (κ1) is 41.5. The highest BCUT2D eigenvalue weighted by Gasteiger charge is 2.46. The molecule has 0 N–H and O–H groups in total. The summed E-state index contributed by atoms with van der Waals surface area (Å²) in [5.74, 6) is 0. The molecule has 2 nitrogen and oxygen atoms in total. The Labute approximate surface area is 421 Å². The number of hydrogen-bond acceptors (Lipinski definition) is 2. The van der Waals surface area contributed by atoms with Gasteiger partial charge in [0.1, 0.15) is 0 Å². The van der Waals surface area contributed by atoms with E-state index in [9.17, 15) is 0 Å². The fraction of sp³-hybridized carbons (Fsp3) is 0.0149. The molecule has 0 spiro atoms. The normalized spacial score (nSPS) is 12.7. The minimum atomic E-state index is -0.505. The lowest BCUT2D eigenvalue weighted by atomic mass is 9.68. The average Bonchev–Trinajstić information content (AvgIpc) is 4.09. The summed E-state index contributed by atoms with van der Waals surface area (Å²) in [4.78, 5) is 2.39. The van der Waals surface area contributed by atoms with Gasteiger partial charge < -0.3 is 9.47 Å². The van der Waals surface area contributed by atoms with Crippen LogP contribution in [0.15, 0.2) is 261 Å². The van der Waals surface area contributed by atoms with E-state index >= 15 is 0 Å². The Morgan fingerprint density at radius 1 is 0.394 bits per heavy atom. The predicted octanol–water partition coefficient (Wildman–Crippen LogP) is 19.0. The summed E-state index contributed by atoms with van der Waals surface area (Å²) >= 11 is 9.34. The molecule has 0 bridgehead atoms. The van der Waals surface area contributed by atoms with E-state index in [1.165, 1.54) is 80.9 Å². The molecule has 1 aliphatic rings. The van der Waals surface area contributed by atoms with Crippen molar-refractivity contribution < 1.29 is 0 Å². The van der Waals surface area contributed by atoms with Crippen LogP contribution in [0.5, 0.6) is 0 Å². The van der Waals surface area contributed by atoms with E-state index in [2.05, 4.69) is 270 Å². The van der Waals surface area contributed by atoms with Crippen LogP contribution < -0.4 is 4.90 Å². The molecule has 13 aromatic rings. The van der Waals surface area contributed by atoms with Crippen LogP contribution in [-0.2, 0) is 5.41 Å². The highest BCUT2D eigenvalue weighted by atomic mass is 35.5. The average molecular weight is 944 g/mol. The molecule has 1 aliphatic carbocycles. The summed E-state index contributed by atoms with van der Waals surface area (Å²) < 4.78 is 4.96. The second kappa shape index (κ2) is 16.6. The van der Waals surface area contributed by atoms with Gasteiger partial charge in [-0.05, 0) is 128 Å². The highest BCUT2D eigenvalue weighted by Crippen LogP contribution is 2.57. The third-order valence-electron chi connectivity index (χ3n) is 14.7. The highest BCUT2D eigenvalue weighted by molar-refractivity contribution is 7.26. The van der Waals surface area contributed by atoms with Crippen LogP contribution in [0.2, 0.25) is 5.02 Å². The molecule has 11 aromatic carbocycles. The third kappa shape index (κ3) is 6.47. The number of hydrogen-bond donors (Lipinski definition) is 0. The molecule has 0 radical (unpaired) electrons. The predicted molar refractivity (Wildman–Crippen MR) is 302 cm³/mol. The molecule has 4 heteroatoms. The second-order valence-electron chi connectivity index (χ2n) is 18.5. The number of nitrogens with zero attached hydrogens (tertiary/aromatic N) is 2. The van der Waals surface area contributed by atoms with E-state index in [1.807, 2.05) is 11.3 Å². The molecular formula is C67H43ClN2S. The molecule has 0 amide bonds. The number of fused-ring (bicyclic) bond motifs is 10. The summed E-state index contributed by atoms with van der Waals surface area (Å²) in [6.45, 7) is 0. The van der Waals surface area contributed by atoms with Crippen LogP contribution in [0.4, 0.5) is 17.1 Å². The molecular weight excluding hydrogens is 900 g/mol. The Balaban J connectivity index is 1.02. The van der Waals surface area contributed by atoms with E-state index in [0.717, 1.165) is 39.4 Å². The first-order chi connectivity index (χ1) is 35.1. The Morgan fingerprint density at radius 2 is 0.986 bits per heavy atom. The van der Waals surface area contributed by atoms with Gasteiger partial charge in [0.2, 0.25) is 0 Å². The van der Waals surface area contributed by atoms with E-state index in [1.54, 1.807) is 0 Å². The zero-order chi connectivity index (χ0) is 47.0. The first-order valence-electron chi connectivity index (χ1n) is 24.2. The molecule has 0 fully saturated rings. The zero-order valence-electron chi connectivity index (χ0n) is 38.5. The Hall–Kier alpha value is -8.47. The first-order valence-corrected chi connectivity index (χ1v) is 25.4. The lowest BCUT2D eigenvalue weighted by Gasteiger charge is -2.34. The largest absolute Gasteiger partial charge is 0.310 e. The molecule has 14 rings (SSSR count). The van der Waals surface area contributed by atoms with Gasteiger partial charge >= 0.3 is 0 Å². The molecule has 334 valence electrons. The standard InChI is InChI=1S/C67H43ClN2S/c68-49-39-46(57-43-59-55-28-14-17-31-62(55)70(50-25-11-4-12-26-50)65(59)66-64(57)56-29-15-18-32-63(56)71-66)40-53(41-49)69(51-35-33-45(34-36-51)44-19-5-1-6-20-44)52-37-38-61-58(42-52)54-27-13-16-30-60(54)67(61,47-21-7-2-8-22-47)48-23-9-3-10-24-48/h1-43H. The topological polar surface area (TPSA) is 8.17 Å². The van der Waals surface area contributed by atoms with Crippen molar-refractivity contribution in [3.63, 3.8) is 0 Å². The second-order valence-corrected chi connectivity index (χ2v) is 20.0. The molecule has 0 aliphatic heterocycles. The van der Waals surface area contributed by atoms with Gasteiger partial charge in [-0.3, -0.25) is 0 Å². The summed E-state index contributed by atoms with van der Waals surface area (Å²) in [5.41, 5.74) is 18.1. The smallest absolute Gasteiger partial charge is 0.0720 e. The summed E-state index contributed by atoms with van der Waals surface area (Å²) in [7, 11) is 0. The maximum Gasteiger partial charge on any atom is 0.0720 e. The molecule has 0 saturated heterocycles. The van der Waals surface area contributed by atoms with Crippen molar-refractivity contribution >= 4 is 82.0 Å². The Kier molecular flexibility index (Phi) is 9.70. The lowest BCUT2D eigenvalue weighted by Crippen LogP contribution is -2.28. The number of thiophene rings is 1. The molecule has 2 aromatic heterocycles. The van der Waals surface area contributed by atoms with Gasteiger partial charge in [0.05, 0.1) is 21.1 Å². The van der Waals surface area contributed by atoms with Crippen LogP contribution in [0, 0.1) is 0 Å². The monoisotopic (exact) mass is 942 g/mol. The summed E-state index contributed by atoms with van der Waals surface area (Å²) in [6, 6.07) is 95.1. The van der Waals surface area contributed by atoms with Crippen molar-refractivity contribution in [2.24, 2.45) is 0 Å². The van der Waals surface area contributed by atoms with Gasteiger partial charge in [0.25, 0.3) is 0 Å². The van der Waals surface area contributed by atoms with Crippen molar-refractivity contribution in [2.75, 3.05) is 4.90 Å². The fourth-order valence-corrected chi connectivity index (χ4v) is 13.2. The van der Waals surface area contributed by atoms with E-state index in [0.29, 0.717) is 5.02 Å². The Bertz CT molecular complexity index is 4120. The number of halogens is 1. The molecule has 71 heavy (non-hydrogen) atoms. The van der Waals surface area contributed by atoms with Crippen molar-refractivity contribution in [3.05, 3.63) is 288 Å². The maximum atomic E-state index is 7.47. The zero-order valence-corrected chi connectivity index (χ0v) is 40.1. The van der Waals surface area contributed by atoms with E-state index in [4.69, 9.17) is 11.6 Å². The van der Waals surface area contributed by atoms with E-state index in [-0.39, 0.29) is 0 Å². The molecule has 0 saturated carbocycles.